The Bertz CT molecular complexity index is 1160. The number of rotatable bonds is 4. The summed E-state index contributed by atoms with van der Waals surface area (Å²) in [6, 6.07) is 17.6. The number of hydrogen-bond acceptors (Lipinski definition) is 4. The molecule has 0 saturated heterocycles. The van der Waals surface area contributed by atoms with E-state index < -0.39 is 5.91 Å². The van der Waals surface area contributed by atoms with Crippen molar-refractivity contribution in [1.29, 1.82) is 0 Å². The number of pyridine rings is 1. The molecule has 6 heteroatoms. The zero-order valence-electron chi connectivity index (χ0n) is 15.6. The van der Waals surface area contributed by atoms with Gasteiger partial charge >= 0.3 is 0 Å². The fourth-order valence-corrected chi connectivity index (χ4v) is 2.87. The van der Waals surface area contributed by atoms with Crippen LogP contribution < -0.4 is 5.32 Å². The molecule has 0 spiro atoms. The number of carbonyl (C=O) groups is 1. The van der Waals surface area contributed by atoms with Gasteiger partial charge in [-0.1, -0.05) is 36.4 Å². The molecule has 5 nitrogen and oxygen atoms in total. The van der Waals surface area contributed by atoms with Gasteiger partial charge in [0.15, 0.2) is 5.82 Å². The van der Waals surface area contributed by atoms with Crippen LogP contribution in [-0.2, 0) is 0 Å². The lowest BCUT2D eigenvalue weighted by molar-refractivity contribution is 0.102. The molecule has 0 aliphatic rings. The maximum atomic E-state index is 13.8. The van der Waals surface area contributed by atoms with E-state index in [0.29, 0.717) is 22.8 Å². The van der Waals surface area contributed by atoms with Crippen LogP contribution in [0.15, 0.2) is 79.3 Å². The van der Waals surface area contributed by atoms with Crippen LogP contribution in [-0.4, -0.2) is 20.9 Å². The summed E-state index contributed by atoms with van der Waals surface area (Å²) in [6.07, 6.45) is 4.76. The minimum Gasteiger partial charge on any atom is -0.322 e. The number of benzene rings is 2. The number of anilines is 1. The van der Waals surface area contributed by atoms with E-state index in [4.69, 9.17) is 0 Å². The summed E-state index contributed by atoms with van der Waals surface area (Å²) in [5, 5.41) is 2.72. The van der Waals surface area contributed by atoms with Gasteiger partial charge in [-0.05, 0) is 36.8 Å². The number of amides is 1. The number of nitrogens with one attached hydrogen (secondary N) is 1. The third-order valence-electron chi connectivity index (χ3n) is 4.45. The minimum atomic E-state index is -0.417. The van der Waals surface area contributed by atoms with Crippen molar-refractivity contribution in [3.8, 4) is 22.6 Å². The van der Waals surface area contributed by atoms with Gasteiger partial charge < -0.3 is 5.32 Å². The highest BCUT2D eigenvalue weighted by Gasteiger charge is 2.17. The summed E-state index contributed by atoms with van der Waals surface area (Å²) in [4.78, 5) is 26.0. The highest BCUT2D eigenvalue weighted by molar-refractivity contribution is 6.08. The highest BCUT2D eigenvalue weighted by Crippen LogP contribution is 2.25. The Morgan fingerprint density at radius 2 is 1.72 bits per heavy atom. The third kappa shape index (κ3) is 4.01. The van der Waals surface area contributed by atoms with E-state index in [1.807, 2.05) is 30.3 Å². The Morgan fingerprint density at radius 3 is 2.45 bits per heavy atom. The molecule has 2 heterocycles. The lowest BCUT2D eigenvalue weighted by Crippen LogP contribution is -2.15. The zero-order chi connectivity index (χ0) is 20.2. The van der Waals surface area contributed by atoms with E-state index in [2.05, 4.69) is 20.3 Å². The molecule has 1 amide bonds. The van der Waals surface area contributed by atoms with Crippen molar-refractivity contribution in [3.63, 3.8) is 0 Å². The topological polar surface area (TPSA) is 67.8 Å². The molecule has 0 saturated carbocycles. The monoisotopic (exact) mass is 384 g/mol. The van der Waals surface area contributed by atoms with E-state index in [0.717, 1.165) is 11.1 Å². The number of aryl methyl sites for hydroxylation is 1. The van der Waals surface area contributed by atoms with Gasteiger partial charge in [0.1, 0.15) is 5.82 Å². The fourth-order valence-electron chi connectivity index (χ4n) is 2.87. The molecule has 4 rings (SSSR count). The molecule has 0 unspecified atom stereocenters. The van der Waals surface area contributed by atoms with Gasteiger partial charge in [-0.25, -0.2) is 14.4 Å². The van der Waals surface area contributed by atoms with Gasteiger partial charge in [-0.15, -0.1) is 0 Å². The lowest BCUT2D eigenvalue weighted by Gasteiger charge is -2.11. The standard InChI is InChI=1S/C23H17FN4O/c1-15-7-8-18(13-20(15)24)27-23(29)19-14-26-22(17-5-3-2-4-6-17)28-21(19)16-9-11-25-12-10-16/h2-14H,1H3,(H,27,29). The fraction of sp³-hybridized carbons (Fsp3) is 0.0435. The van der Waals surface area contributed by atoms with Crippen LogP contribution in [0.2, 0.25) is 0 Å². The first-order valence-electron chi connectivity index (χ1n) is 9.02. The van der Waals surface area contributed by atoms with Crippen LogP contribution in [0.1, 0.15) is 15.9 Å². The molecular formula is C23H17FN4O. The summed E-state index contributed by atoms with van der Waals surface area (Å²) in [5.41, 5.74) is 3.22. The van der Waals surface area contributed by atoms with E-state index in [-0.39, 0.29) is 11.4 Å². The molecular weight excluding hydrogens is 367 g/mol. The molecule has 142 valence electrons. The molecule has 2 aromatic carbocycles. The van der Waals surface area contributed by atoms with Gasteiger partial charge in [0, 0.05) is 35.4 Å². The first-order valence-corrected chi connectivity index (χ1v) is 9.02. The molecule has 0 radical (unpaired) electrons. The Labute approximate surface area is 167 Å². The van der Waals surface area contributed by atoms with Gasteiger partial charge in [0.25, 0.3) is 5.91 Å². The maximum absolute atomic E-state index is 13.8. The van der Waals surface area contributed by atoms with Crippen molar-refractivity contribution in [2.75, 3.05) is 5.32 Å². The van der Waals surface area contributed by atoms with Crippen LogP contribution in [0.25, 0.3) is 22.6 Å². The zero-order valence-corrected chi connectivity index (χ0v) is 15.6. The van der Waals surface area contributed by atoms with Gasteiger partial charge in [0.2, 0.25) is 0 Å². The van der Waals surface area contributed by atoms with E-state index in [9.17, 15) is 9.18 Å². The molecule has 0 aliphatic carbocycles. The molecule has 0 fully saturated rings. The summed E-state index contributed by atoms with van der Waals surface area (Å²) in [5.74, 6) is -0.289. The number of aromatic nitrogens is 3. The van der Waals surface area contributed by atoms with Crippen molar-refractivity contribution >= 4 is 11.6 Å². The minimum absolute atomic E-state index is 0.289. The van der Waals surface area contributed by atoms with Crippen LogP contribution in [0, 0.1) is 12.7 Å². The molecule has 0 bridgehead atoms. The molecule has 29 heavy (non-hydrogen) atoms. The average Bonchev–Trinajstić information content (AvgIpc) is 2.77. The molecule has 2 aromatic heterocycles. The first-order chi connectivity index (χ1) is 14.1. The smallest absolute Gasteiger partial charge is 0.259 e. The number of hydrogen-bond donors (Lipinski definition) is 1. The van der Waals surface area contributed by atoms with Gasteiger partial charge in [-0.3, -0.25) is 9.78 Å². The molecule has 0 atom stereocenters. The normalized spacial score (nSPS) is 10.6. The maximum Gasteiger partial charge on any atom is 0.259 e. The van der Waals surface area contributed by atoms with E-state index >= 15 is 0 Å². The molecule has 4 aromatic rings. The third-order valence-corrected chi connectivity index (χ3v) is 4.45. The number of halogens is 1. The first kappa shape index (κ1) is 18.4. The van der Waals surface area contributed by atoms with E-state index in [1.54, 1.807) is 43.6 Å². The van der Waals surface area contributed by atoms with Crippen LogP contribution in [0.4, 0.5) is 10.1 Å². The Kier molecular flexibility index (Phi) is 5.07. The second-order valence-electron chi connectivity index (χ2n) is 6.48. The highest BCUT2D eigenvalue weighted by atomic mass is 19.1. The van der Waals surface area contributed by atoms with Crippen molar-refractivity contribution in [1.82, 2.24) is 15.0 Å². The molecule has 0 aliphatic heterocycles. The number of carbonyl (C=O) groups excluding carboxylic acids is 1. The van der Waals surface area contributed by atoms with Crippen LogP contribution in [0.5, 0.6) is 0 Å². The van der Waals surface area contributed by atoms with Gasteiger partial charge in [0.05, 0.1) is 11.3 Å². The molecule has 1 N–H and O–H groups in total. The van der Waals surface area contributed by atoms with Gasteiger partial charge in [-0.2, -0.15) is 0 Å². The second kappa shape index (κ2) is 7.98. The summed E-state index contributed by atoms with van der Waals surface area (Å²) >= 11 is 0. The second-order valence-corrected chi connectivity index (χ2v) is 6.48. The lowest BCUT2D eigenvalue weighted by atomic mass is 10.1. The average molecular weight is 384 g/mol. The van der Waals surface area contributed by atoms with Crippen LogP contribution >= 0.6 is 0 Å². The van der Waals surface area contributed by atoms with Crippen molar-refractivity contribution < 1.29 is 9.18 Å². The summed E-state index contributed by atoms with van der Waals surface area (Å²) in [7, 11) is 0. The quantitative estimate of drug-likeness (QED) is 0.543. The Morgan fingerprint density at radius 1 is 0.966 bits per heavy atom. The number of nitrogens with zero attached hydrogens (tertiary/aromatic N) is 3. The predicted molar refractivity (Wildman–Crippen MR) is 110 cm³/mol. The van der Waals surface area contributed by atoms with Crippen molar-refractivity contribution in [2.24, 2.45) is 0 Å². The van der Waals surface area contributed by atoms with E-state index in [1.165, 1.54) is 12.3 Å². The Hall–Kier alpha value is -3.93. The van der Waals surface area contributed by atoms with Crippen LogP contribution in [0.3, 0.4) is 0 Å². The SMILES string of the molecule is Cc1ccc(NC(=O)c2cnc(-c3ccccc3)nc2-c2ccncc2)cc1F. The summed E-state index contributed by atoms with van der Waals surface area (Å²) < 4.78 is 13.8. The van der Waals surface area contributed by atoms with Crippen molar-refractivity contribution in [3.05, 3.63) is 96.2 Å². The van der Waals surface area contributed by atoms with Crippen molar-refractivity contribution in [2.45, 2.75) is 6.92 Å². The largest absolute Gasteiger partial charge is 0.322 e. The predicted octanol–water partition coefficient (Wildman–Crippen LogP) is 4.91. The summed E-state index contributed by atoms with van der Waals surface area (Å²) in [6.45, 7) is 1.67. The Balaban J connectivity index is 1.75.